The maximum atomic E-state index is 13.6. The number of aromatic hydroxyl groups is 1. The summed E-state index contributed by atoms with van der Waals surface area (Å²) in [6.45, 7) is -0.385. The number of fused-ring (bicyclic) bond motifs is 3. The Morgan fingerprint density at radius 2 is 1.82 bits per heavy atom. The van der Waals surface area contributed by atoms with Crippen LogP contribution in [0.2, 0.25) is 0 Å². The first-order valence-corrected chi connectivity index (χ1v) is 11.1. The lowest BCUT2D eigenvalue weighted by Crippen LogP contribution is -2.45. The van der Waals surface area contributed by atoms with Gasteiger partial charge in [0.2, 0.25) is 11.8 Å². The summed E-state index contributed by atoms with van der Waals surface area (Å²) >= 11 is 0. The Bertz CT molecular complexity index is 1190. The van der Waals surface area contributed by atoms with E-state index in [0.717, 1.165) is 4.90 Å². The summed E-state index contributed by atoms with van der Waals surface area (Å²) in [7, 11) is -3.15. The van der Waals surface area contributed by atoms with Crippen molar-refractivity contribution in [2.24, 2.45) is 17.8 Å². The van der Waals surface area contributed by atoms with Crippen LogP contribution in [-0.4, -0.2) is 57.9 Å². The van der Waals surface area contributed by atoms with Crippen LogP contribution in [0.3, 0.4) is 0 Å². The minimum absolute atomic E-state index is 0.00306. The highest BCUT2D eigenvalue weighted by molar-refractivity contribution is 6.58. The van der Waals surface area contributed by atoms with Crippen molar-refractivity contribution in [3.05, 3.63) is 65.1 Å². The number of aliphatic hydroxyl groups is 1. The molecule has 2 aromatic carbocycles. The molecular formula is C23H23B2NO8. The van der Waals surface area contributed by atoms with E-state index in [2.05, 4.69) is 0 Å². The van der Waals surface area contributed by atoms with Crippen molar-refractivity contribution in [2.45, 2.75) is 18.9 Å². The predicted octanol–water partition coefficient (Wildman–Crippen LogP) is -0.332. The Labute approximate surface area is 196 Å². The molecule has 5 N–H and O–H groups in total. The lowest BCUT2D eigenvalue weighted by Gasteiger charge is -2.42. The van der Waals surface area contributed by atoms with Gasteiger partial charge in [-0.3, -0.25) is 14.5 Å². The van der Waals surface area contributed by atoms with Crippen LogP contribution in [0.15, 0.2) is 59.6 Å². The topological polar surface area (TPSA) is 148 Å². The normalized spacial score (nSPS) is 26.6. The van der Waals surface area contributed by atoms with Crippen LogP contribution in [0.4, 0.5) is 5.69 Å². The lowest BCUT2D eigenvalue weighted by atomic mass is 9.55. The molecule has 1 aliphatic carbocycles. The number of phenols is 1. The molecule has 2 fully saturated rings. The van der Waals surface area contributed by atoms with Gasteiger partial charge in [0.1, 0.15) is 5.75 Å². The third-order valence-electron chi connectivity index (χ3n) is 7.11. The highest BCUT2D eigenvalue weighted by atomic mass is 16.5. The number of rotatable bonds is 4. The molecule has 5 rings (SSSR count). The Kier molecular flexibility index (Phi) is 5.83. The number of anilines is 1. The van der Waals surface area contributed by atoms with E-state index in [0.29, 0.717) is 16.6 Å². The van der Waals surface area contributed by atoms with E-state index in [4.69, 9.17) is 4.65 Å². The molecule has 11 heteroatoms. The van der Waals surface area contributed by atoms with Crippen molar-refractivity contribution in [1.82, 2.24) is 0 Å². The van der Waals surface area contributed by atoms with Crippen molar-refractivity contribution in [2.75, 3.05) is 11.5 Å². The number of allylic oxidation sites excluding steroid dienone is 1. The second-order valence-electron chi connectivity index (χ2n) is 8.91. The number of hydrogen-bond donors (Lipinski definition) is 5. The molecule has 2 aliphatic heterocycles. The zero-order chi connectivity index (χ0) is 24.1. The number of hydrogen-bond acceptors (Lipinski definition) is 8. The first kappa shape index (κ1) is 22.8. The first-order valence-electron chi connectivity index (χ1n) is 11.1. The quantitative estimate of drug-likeness (QED) is 0.306. The molecule has 0 saturated carbocycles. The fraction of sp³-hybridized carbons (Fsp3) is 0.304. The maximum absolute atomic E-state index is 13.6. The highest BCUT2D eigenvalue weighted by Crippen LogP contribution is 2.52. The van der Waals surface area contributed by atoms with Gasteiger partial charge in [-0.25, -0.2) is 0 Å². The molecule has 174 valence electrons. The number of aliphatic hydroxyl groups excluding tert-OH is 1. The molecule has 2 amide bonds. The van der Waals surface area contributed by atoms with E-state index >= 15 is 0 Å². The minimum Gasteiger partial charge on any atom is -0.508 e. The standard InChI is InChI=1S/C23H23B2NO8/c27-11-12-8-17-20(23(30)26(22(17)29)14-5-3-4-13(9-14)24(31)32)16-10-19(34-25(33)21(12)16)15-6-1-2-7-18(15)28/h1-7,9,16-17,19-20,27-28,31-33H,8,10-11H2/t16-,17-,19-,20+/m0/s1. The van der Waals surface area contributed by atoms with E-state index < -0.39 is 49.9 Å². The van der Waals surface area contributed by atoms with Gasteiger partial charge in [-0.1, -0.05) is 30.3 Å². The number of amides is 2. The van der Waals surface area contributed by atoms with Gasteiger partial charge in [0.25, 0.3) is 0 Å². The molecule has 0 bridgehead atoms. The van der Waals surface area contributed by atoms with Gasteiger partial charge in [-0.2, -0.15) is 0 Å². The van der Waals surface area contributed by atoms with Crippen molar-refractivity contribution >= 4 is 37.2 Å². The van der Waals surface area contributed by atoms with E-state index in [-0.39, 0.29) is 36.3 Å². The van der Waals surface area contributed by atoms with Crippen LogP contribution in [0.5, 0.6) is 5.75 Å². The van der Waals surface area contributed by atoms with Crippen molar-refractivity contribution in [3.63, 3.8) is 0 Å². The predicted molar refractivity (Wildman–Crippen MR) is 122 cm³/mol. The Morgan fingerprint density at radius 3 is 2.53 bits per heavy atom. The van der Waals surface area contributed by atoms with Crippen LogP contribution in [-0.2, 0) is 14.2 Å². The molecule has 0 spiro atoms. The van der Waals surface area contributed by atoms with Gasteiger partial charge in [-0.05, 0) is 53.5 Å². The van der Waals surface area contributed by atoms with Gasteiger partial charge >= 0.3 is 14.2 Å². The molecule has 0 radical (unpaired) electrons. The summed E-state index contributed by atoms with van der Waals surface area (Å²) in [6.07, 6.45) is -0.372. The van der Waals surface area contributed by atoms with E-state index in [1.807, 2.05) is 0 Å². The van der Waals surface area contributed by atoms with Crippen LogP contribution >= 0.6 is 0 Å². The average molecular weight is 463 g/mol. The van der Waals surface area contributed by atoms with Gasteiger partial charge in [0.05, 0.1) is 30.2 Å². The molecule has 9 nitrogen and oxygen atoms in total. The Morgan fingerprint density at radius 1 is 1.06 bits per heavy atom. The van der Waals surface area contributed by atoms with Gasteiger partial charge in [0, 0.05) is 5.56 Å². The van der Waals surface area contributed by atoms with Gasteiger partial charge in [0.15, 0.2) is 0 Å². The molecule has 3 aliphatic rings. The summed E-state index contributed by atoms with van der Waals surface area (Å²) in [5.74, 6) is -3.00. The highest BCUT2D eigenvalue weighted by Gasteiger charge is 2.58. The number of carbonyl (C=O) groups excluding carboxylic acids is 2. The molecule has 2 heterocycles. The second-order valence-corrected chi connectivity index (χ2v) is 8.91. The van der Waals surface area contributed by atoms with Crippen molar-refractivity contribution in [3.8, 4) is 5.75 Å². The molecular weight excluding hydrogens is 440 g/mol. The largest absolute Gasteiger partial charge is 0.508 e. The molecule has 0 unspecified atom stereocenters. The third kappa shape index (κ3) is 3.57. The van der Waals surface area contributed by atoms with Crippen LogP contribution in [0, 0.1) is 17.8 Å². The molecule has 2 saturated heterocycles. The number of nitrogens with zero attached hydrogens (tertiary/aromatic N) is 1. The number of para-hydroxylation sites is 1. The van der Waals surface area contributed by atoms with Crippen LogP contribution in [0.1, 0.15) is 24.5 Å². The number of benzene rings is 2. The molecule has 0 aromatic heterocycles. The SMILES string of the molecule is O=C1[C@H]2[C@H](CC(CO)=C3B(O)O[C@H](c4ccccc4O)C[C@H]32)C(=O)N1c1cccc(B(O)O)c1. The smallest absolute Gasteiger partial charge is 0.488 e. The fourth-order valence-corrected chi connectivity index (χ4v) is 5.60. The fourth-order valence-electron chi connectivity index (χ4n) is 5.60. The molecule has 4 atom stereocenters. The minimum atomic E-state index is -1.76. The summed E-state index contributed by atoms with van der Waals surface area (Å²) in [4.78, 5) is 28.1. The van der Waals surface area contributed by atoms with E-state index in [1.165, 1.54) is 24.3 Å². The zero-order valence-corrected chi connectivity index (χ0v) is 18.1. The third-order valence-corrected chi connectivity index (χ3v) is 7.11. The Balaban J connectivity index is 1.54. The number of carbonyl (C=O) groups is 2. The van der Waals surface area contributed by atoms with Crippen LogP contribution in [0.25, 0.3) is 0 Å². The van der Waals surface area contributed by atoms with E-state index in [9.17, 15) is 34.9 Å². The summed E-state index contributed by atoms with van der Waals surface area (Å²) in [5, 5.41) is 50.2. The van der Waals surface area contributed by atoms with Crippen molar-refractivity contribution in [1.29, 1.82) is 0 Å². The van der Waals surface area contributed by atoms with E-state index in [1.54, 1.807) is 24.3 Å². The average Bonchev–Trinajstić information content (AvgIpc) is 3.08. The second kappa shape index (κ2) is 8.68. The Hall–Kier alpha value is -2.95. The van der Waals surface area contributed by atoms with Gasteiger partial charge in [-0.15, -0.1) is 0 Å². The first-order chi connectivity index (χ1) is 16.3. The summed E-state index contributed by atoms with van der Waals surface area (Å²) in [5.41, 5.74) is 1.72. The summed E-state index contributed by atoms with van der Waals surface area (Å²) in [6, 6.07) is 12.5. The number of imide groups is 1. The summed E-state index contributed by atoms with van der Waals surface area (Å²) < 4.78 is 5.78. The monoisotopic (exact) mass is 463 g/mol. The molecule has 34 heavy (non-hydrogen) atoms. The maximum Gasteiger partial charge on any atom is 0.488 e. The lowest BCUT2D eigenvalue weighted by molar-refractivity contribution is -0.123. The van der Waals surface area contributed by atoms with Crippen LogP contribution < -0.4 is 10.4 Å². The molecule has 2 aromatic rings. The van der Waals surface area contributed by atoms with Crippen molar-refractivity contribution < 1.29 is 39.5 Å². The zero-order valence-electron chi connectivity index (χ0n) is 18.1. The number of phenolic OH excluding ortho intramolecular Hbond substituents is 1. The van der Waals surface area contributed by atoms with Gasteiger partial charge < -0.3 is 29.9 Å².